The molecule has 164 valence electrons. The number of nitrogens with zero attached hydrogens (tertiary/aromatic N) is 4. The van der Waals surface area contributed by atoms with Gasteiger partial charge in [0, 0.05) is 18.2 Å². The molecule has 1 aliphatic heterocycles. The highest BCUT2D eigenvalue weighted by molar-refractivity contribution is 7.92. The van der Waals surface area contributed by atoms with Gasteiger partial charge in [0.15, 0.2) is 5.82 Å². The summed E-state index contributed by atoms with van der Waals surface area (Å²) in [5.74, 6) is 1.35. The highest BCUT2D eigenvalue weighted by Gasteiger charge is 2.37. The number of carbonyl (C=O) groups is 1. The largest absolute Gasteiger partial charge is 0.465 e. The monoisotopic (exact) mass is 443 g/mol. The maximum atomic E-state index is 12.7. The average molecular weight is 444 g/mol. The van der Waals surface area contributed by atoms with Crippen LogP contribution in [0.2, 0.25) is 0 Å². The van der Waals surface area contributed by atoms with Gasteiger partial charge in [-0.1, -0.05) is 0 Å². The molecule has 0 fully saturated rings. The number of benzene rings is 1. The quantitative estimate of drug-likeness (QED) is 0.627. The molecule has 1 unspecified atom stereocenters. The molecular formula is C21H25N5O4S. The van der Waals surface area contributed by atoms with Crippen LogP contribution in [0.4, 0.5) is 5.69 Å². The van der Waals surface area contributed by atoms with Crippen LogP contribution in [-0.2, 0) is 16.6 Å². The Morgan fingerprint density at radius 2 is 2.06 bits per heavy atom. The molecule has 0 radical (unpaired) electrons. The third-order valence-corrected chi connectivity index (χ3v) is 6.42. The van der Waals surface area contributed by atoms with Gasteiger partial charge in [-0.2, -0.15) is 5.10 Å². The summed E-state index contributed by atoms with van der Waals surface area (Å²) in [6.45, 7) is 6.30. The van der Waals surface area contributed by atoms with E-state index in [-0.39, 0.29) is 31.0 Å². The smallest absolute Gasteiger partial charge is 0.251 e. The van der Waals surface area contributed by atoms with Crippen LogP contribution >= 0.6 is 0 Å². The van der Waals surface area contributed by atoms with Crippen LogP contribution in [0.1, 0.15) is 59.1 Å². The molecule has 2 aromatic heterocycles. The van der Waals surface area contributed by atoms with E-state index in [9.17, 15) is 13.2 Å². The molecule has 0 saturated carbocycles. The summed E-state index contributed by atoms with van der Waals surface area (Å²) in [7, 11) is -3.49. The second-order valence-corrected chi connectivity index (χ2v) is 9.90. The molecule has 0 aliphatic carbocycles. The van der Waals surface area contributed by atoms with Crippen molar-refractivity contribution >= 4 is 21.6 Å². The molecule has 1 aromatic carbocycles. The summed E-state index contributed by atoms with van der Waals surface area (Å²) < 4.78 is 33.3. The first-order valence-corrected chi connectivity index (χ1v) is 11.8. The fourth-order valence-corrected chi connectivity index (χ4v) is 4.59. The average Bonchev–Trinajstić information content (AvgIpc) is 3.42. The molecular weight excluding hydrogens is 418 g/mol. The van der Waals surface area contributed by atoms with Gasteiger partial charge >= 0.3 is 0 Å². The number of hydrogen-bond donors (Lipinski definition) is 1. The number of anilines is 1. The molecule has 3 aromatic rings. The van der Waals surface area contributed by atoms with Gasteiger partial charge in [0.05, 0.1) is 24.4 Å². The molecule has 9 nitrogen and oxygen atoms in total. The first-order chi connectivity index (χ1) is 14.6. The standard InChI is InChI=1S/C21H25N5O4S/c1-13(2)25-12-23-20(24-25)18-11-26(31(4,28)29)19-8-6-15(9-17(18)19)21(27)22-10-16-7-5-14(3)30-16/h5-9,12-13,18H,10-11H2,1-4H3,(H,22,27). The van der Waals surface area contributed by atoms with Crippen molar-refractivity contribution in [2.45, 2.75) is 39.3 Å². The van der Waals surface area contributed by atoms with E-state index in [1.54, 1.807) is 29.2 Å². The van der Waals surface area contributed by atoms with Crippen molar-refractivity contribution < 1.29 is 17.6 Å². The number of fused-ring (bicyclic) bond motifs is 1. The first kappa shape index (κ1) is 21.1. The number of amides is 1. The number of rotatable bonds is 6. The number of aromatic nitrogens is 3. The summed E-state index contributed by atoms with van der Waals surface area (Å²) >= 11 is 0. The van der Waals surface area contributed by atoms with Gasteiger partial charge in [0.2, 0.25) is 10.0 Å². The van der Waals surface area contributed by atoms with E-state index >= 15 is 0 Å². The molecule has 0 spiro atoms. The maximum Gasteiger partial charge on any atom is 0.251 e. The van der Waals surface area contributed by atoms with E-state index in [2.05, 4.69) is 15.4 Å². The summed E-state index contributed by atoms with van der Waals surface area (Å²) in [5.41, 5.74) is 1.70. The number of hydrogen-bond acceptors (Lipinski definition) is 6. The highest BCUT2D eigenvalue weighted by atomic mass is 32.2. The predicted molar refractivity (Wildman–Crippen MR) is 115 cm³/mol. The van der Waals surface area contributed by atoms with E-state index in [4.69, 9.17) is 4.42 Å². The lowest BCUT2D eigenvalue weighted by atomic mass is 9.98. The Hall–Kier alpha value is -3.14. The van der Waals surface area contributed by atoms with Crippen molar-refractivity contribution in [3.63, 3.8) is 0 Å². The third kappa shape index (κ3) is 4.20. The second-order valence-electron chi connectivity index (χ2n) is 7.99. The normalized spacial score (nSPS) is 16.0. The van der Waals surface area contributed by atoms with Crippen molar-refractivity contribution in [2.24, 2.45) is 0 Å². The minimum atomic E-state index is -3.49. The topological polar surface area (TPSA) is 110 Å². The Morgan fingerprint density at radius 1 is 1.29 bits per heavy atom. The summed E-state index contributed by atoms with van der Waals surface area (Å²) in [5, 5.41) is 7.37. The minimum Gasteiger partial charge on any atom is -0.465 e. The van der Waals surface area contributed by atoms with E-state index in [0.29, 0.717) is 28.4 Å². The Kier molecular flexibility index (Phi) is 5.34. The maximum absolute atomic E-state index is 12.7. The second kappa shape index (κ2) is 7.84. The molecule has 3 heterocycles. The number of furan rings is 1. The van der Waals surface area contributed by atoms with Crippen molar-refractivity contribution in [1.29, 1.82) is 0 Å². The number of nitrogens with one attached hydrogen (secondary N) is 1. The molecule has 1 aliphatic rings. The van der Waals surface area contributed by atoms with E-state index in [1.165, 1.54) is 10.6 Å². The Bertz CT molecular complexity index is 1230. The van der Waals surface area contributed by atoms with Crippen LogP contribution in [0.15, 0.2) is 41.1 Å². The van der Waals surface area contributed by atoms with Crippen molar-refractivity contribution in [3.8, 4) is 0 Å². The zero-order chi connectivity index (χ0) is 22.3. The van der Waals surface area contributed by atoms with Gasteiger partial charge in [-0.25, -0.2) is 13.4 Å². The van der Waals surface area contributed by atoms with Crippen LogP contribution in [0.5, 0.6) is 0 Å². The fourth-order valence-electron chi connectivity index (χ4n) is 3.65. The molecule has 1 amide bonds. The predicted octanol–water partition coefficient (Wildman–Crippen LogP) is 2.60. The van der Waals surface area contributed by atoms with Crippen molar-refractivity contribution in [3.05, 3.63) is 65.1 Å². The molecule has 10 heteroatoms. The number of aryl methyl sites for hydroxylation is 1. The van der Waals surface area contributed by atoms with Crippen LogP contribution in [0.25, 0.3) is 0 Å². The zero-order valence-electron chi connectivity index (χ0n) is 17.9. The van der Waals surface area contributed by atoms with Crippen LogP contribution in [-0.4, -0.2) is 41.9 Å². The Balaban J connectivity index is 1.65. The van der Waals surface area contributed by atoms with E-state index in [1.807, 2.05) is 32.9 Å². The lowest BCUT2D eigenvalue weighted by molar-refractivity contribution is 0.0947. The van der Waals surface area contributed by atoms with Crippen molar-refractivity contribution in [2.75, 3.05) is 17.1 Å². The fraction of sp³-hybridized carbons (Fsp3) is 0.381. The third-order valence-electron chi connectivity index (χ3n) is 5.27. The van der Waals surface area contributed by atoms with Crippen LogP contribution in [0.3, 0.4) is 0 Å². The van der Waals surface area contributed by atoms with Gasteiger partial charge in [-0.15, -0.1) is 0 Å². The van der Waals surface area contributed by atoms with Crippen LogP contribution in [0, 0.1) is 6.92 Å². The van der Waals surface area contributed by atoms with E-state index < -0.39 is 10.0 Å². The number of sulfonamides is 1. The summed E-state index contributed by atoms with van der Waals surface area (Å²) in [6, 6.07) is 8.81. The van der Waals surface area contributed by atoms with Crippen molar-refractivity contribution in [1.82, 2.24) is 20.1 Å². The molecule has 4 rings (SSSR count). The molecule has 0 bridgehead atoms. The summed E-state index contributed by atoms with van der Waals surface area (Å²) in [4.78, 5) is 17.1. The Labute approximate surface area is 181 Å². The van der Waals surface area contributed by atoms with Gasteiger partial charge in [-0.05, 0) is 56.7 Å². The first-order valence-electron chi connectivity index (χ1n) is 9.99. The lowest BCUT2D eigenvalue weighted by Gasteiger charge is -2.16. The number of carbonyl (C=O) groups excluding carboxylic acids is 1. The summed E-state index contributed by atoms with van der Waals surface area (Å²) in [6.07, 6.45) is 2.82. The van der Waals surface area contributed by atoms with Gasteiger partial charge < -0.3 is 9.73 Å². The highest BCUT2D eigenvalue weighted by Crippen LogP contribution is 2.41. The Morgan fingerprint density at radius 3 is 2.68 bits per heavy atom. The van der Waals surface area contributed by atoms with E-state index in [0.717, 1.165) is 5.76 Å². The molecule has 1 N–H and O–H groups in total. The van der Waals surface area contributed by atoms with Gasteiger partial charge in [0.1, 0.15) is 17.8 Å². The van der Waals surface area contributed by atoms with Crippen LogP contribution < -0.4 is 9.62 Å². The molecule has 1 atom stereocenters. The molecule has 0 saturated heterocycles. The van der Waals surface area contributed by atoms with Gasteiger partial charge in [-0.3, -0.25) is 13.8 Å². The zero-order valence-corrected chi connectivity index (χ0v) is 18.7. The lowest BCUT2D eigenvalue weighted by Crippen LogP contribution is -2.29. The SMILES string of the molecule is Cc1ccc(CNC(=O)c2ccc3c(c2)C(c2ncn(C(C)C)n2)CN3S(C)(=O)=O)o1. The molecule has 31 heavy (non-hydrogen) atoms. The minimum absolute atomic E-state index is 0.135. The van der Waals surface area contributed by atoms with Gasteiger partial charge in [0.25, 0.3) is 5.91 Å².